The minimum Gasteiger partial charge on any atom is -0.325 e. The van der Waals surface area contributed by atoms with Gasteiger partial charge in [-0.1, -0.05) is 0 Å². The van der Waals surface area contributed by atoms with Crippen molar-refractivity contribution < 1.29 is 30.7 Å². The molecule has 0 unspecified atom stereocenters. The second kappa shape index (κ2) is 3.87. The van der Waals surface area contributed by atoms with Crippen LogP contribution >= 0.6 is 12.4 Å². The third-order valence-corrected chi connectivity index (χ3v) is 1.07. The summed E-state index contributed by atoms with van der Waals surface area (Å²) in [6.07, 6.45) is -6.28. The maximum Gasteiger partial charge on any atom is 0.459 e. The van der Waals surface area contributed by atoms with E-state index < -0.39 is 24.6 Å². The van der Waals surface area contributed by atoms with Gasteiger partial charge in [-0.05, 0) is 0 Å². The molecule has 1 nitrogen and oxygen atoms in total. The van der Waals surface area contributed by atoms with Crippen LogP contribution < -0.4 is 5.73 Å². The smallest absolute Gasteiger partial charge is 0.325 e. The van der Waals surface area contributed by atoms with Crippen LogP contribution in [0.2, 0.25) is 0 Å². The van der Waals surface area contributed by atoms with Gasteiger partial charge in [0.2, 0.25) is 0 Å². The van der Waals surface area contributed by atoms with Crippen molar-refractivity contribution in [1.82, 2.24) is 0 Å². The lowest BCUT2D eigenvalue weighted by atomic mass is 10.1. The SMILES string of the molecule is Cl.NCC(F)(F)C(F)(F)C(F)(F)F. The molecule has 0 aromatic carbocycles. The molecule has 0 heterocycles. The number of halogens is 8. The van der Waals surface area contributed by atoms with Gasteiger partial charge in [0.15, 0.2) is 0 Å². The quantitative estimate of drug-likeness (QED) is 0.730. The summed E-state index contributed by atoms with van der Waals surface area (Å²) >= 11 is 0. The predicted molar refractivity (Wildman–Crippen MR) is 32.3 cm³/mol. The van der Waals surface area contributed by atoms with Crippen LogP contribution in [0, 0.1) is 0 Å². The Morgan fingerprint density at radius 3 is 1.23 bits per heavy atom. The van der Waals surface area contributed by atoms with Crippen LogP contribution in [0.4, 0.5) is 30.7 Å². The number of alkyl halides is 7. The fourth-order valence-corrected chi connectivity index (χ4v) is 0.336. The summed E-state index contributed by atoms with van der Waals surface area (Å²) in [5, 5.41) is 0. The summed E-state index contributed by atoms with van der Waals surface area (Å²) < 4.78 is 80.9. The van der Waals surface area contributed by atoms with E-state index in [4.69, 9.17) is 0 Å². The summed E-state index contributed by atoms with van der Waals surface area (Å²) in [5.74, 6) is -11.3. The molecule has 0 fully saturated rings. The van der Waals surface area contributed by atoms with Gasteiger partial charge in [-0.2, -0.15) is 30.7 Å². The maximum absolute atomic E-state index is 11.8. The first-order valence-corrected chi connectivity index (χ1v) is 2.58. The summed E-state index contributed by atoms with van der Waals surface area (Å²) in [6, 6.07) is 0. The summed E-state index contributed by atoms with van der Waals surface area (Å²) in [6.45, 7) is -2.06. The molecule has 0 aliphatic rings. The zero-order chi connectivity index (χ0) is 10.2. The van der Waals surface area contributed by atoms with Crippen molar-refractivity contribution in [3.8, 4) is 0 Å². The summed E-state index contributed by atoms with van der Waals surface area (Å²) in [7, 11) is 0. The Morgan fingerprint density at radius 1 is 0.846 bits per heavy atom. The van der Waals surface area contributed by atoms with Gasteiger partial charge in [0.25, 0.3) is 0 Å². The first-order chi connectivity index (χ1) is 5.06. The van der Waals surface area contributed by atoms with E-state index in [1.807, 2.05) is 0 Å². The Kier molecular flexibility index (Phi) is 4.54. The molecule has 0 aliphatic carbocycles. The fourth-order valence-electron chi connectivity index (χ4n) is 0.336. The third kappa shape index (κ3) is 2.60. The molecule has 0 aromatic heterocycles. The van der Waals surface area contributed by atoms with Crippen molar-refractivity contribution in [2.45, 2.75) is 18.0 Å². The number of nitrogens with two attached hydrogens (primary N) is 1. The molecule has 0 rings (SSSR count). The molecule has 13 heavy (non-hydrogen) atoms. The molecular formula is C4H5ClF7N. The molecule has 0 saturated heterocycles. The monoisotopic (exact) mass is 235 g/mol. The highest BCUT2D eigenvalue weighted by Crippen LogP contribution is 2.45. The minimum absolute atomic E-state index is 0. The standard InChI is InChI=1S/C4H4F7N.ClH/c5-2(6,1-12)3(7,8)4(9,10)11;/h1,12H2;1H. The first kappa shape index (κ1) is 15.2. The largest absolute Gasteiger partial charge is 0.459 e. The molecule has 0 saturated carbocycles. The van der Waals surface area contributed by atoms with Crippen LogP contribution in [-0.2, 0) is 0 Å². The van der Waals surface area contributed by atoms with Gasteiger partial charge in [-0.15, -0.1) is 12.4 Å². The van der Waals surface area contributed by atoms with Gasteiger partial charge in [0.1, 0.15) is 0 Å². The van der Waals surface area contributed by atoms with Crippen molar-refractivity contribution >= 4 is 12.4 Å². The molecule has 0 aromatic rings. The van der Waals surface area contributed by atoms with E-state index in [9.17, 15) is 30.7 Å². The molecule has 2 N–H and O–H groups in total. The zero-order valence-corrected chi connectivity index (χ0v) is 6.65. The maximum atomic E-state index is 11.8. The van der Waals surface area contributed by atoms with E-state index in [0.29, 0.717) is 0 Å². The van der Waals surface area contributed by atoms with Crippen molar-refractivity contribution in [3.05, 3.63) is 0 Å². The molecular weight excluding hydrogens is 230 g/mol. The van der Waals surface area contributed by atoms with Crippen molar-refractivity contribution in [3.63, 3.8) is 0 Å². The highest BCUT2D eigenvalue weighted by atomic mass is 35.5. The molecule has 0 aliphatic heterocycles. The van der Waals surface area contributed by atoms with Crippen LogP contribution in [0.5, 0.6) is 0 Å². The van der Waals surface area contributed by atoms with E-state index in [1.165, 1.54) is 0 Å². The second-order valence-electron chi connectivity index (χ2n) is 1.98. The van der Waals surface area contributed by atoms with Crippen molar-refractivity contribution in [2.75, 3.05) is 6.54 Å². The average Bonchev–Trinajstić information content (AvgIpc) is 1.85. The van der Waals surface area contributed by atoms with Gasteiger partial charge in [0.05, 0.1) is 6.54 Å². The van der Waals surface area contributed by atoms with E-state index in [1.54, 1.807) is 0 Å². The average molecular weight is 236 g/mol. The molecule has 82 valence electrons. The van der Waals surface area contributed by atoms with Crippen LogP contribution in [0.1, 0.15) is 0 Å². The van der Waals surface area contributed by atoms with Crippen LogP contribution in [0.25, 0.3) is 0 Å². The number of hydrogen-bond donors (Lipinski definition) is 1. The van der Waals surface area contributed by atoms with Gasteiger partial charge in [-0.3, -0.25) is 0 Å². The summed E-state index contributed by atoms with van der Waals surface area (Å²) in [5.41, 5.74) is 4.06. The third-order valence-electron chi connectivity index (χ3n) is 1.07. The highest BCUT2D eigenvalue weighted by molar-refractivity contribution is 5.85. The van der Waals surface area contributed by atoms with E-state index in [0.717, 1.165) is 0 Å². The van der Waals surface area contributed by atoms with Crippen LogP contribution in [0.15, 0.2) is 0 Å². The van der Waals surface area contributed by atoms with E-state index in [2.05, 4.69) is 5.73 Å². The Balaban J connectivity index is 0. The Labute approximate surface area is 74.5 Å². The van der Waals surface area contributed by atoms with Gasteiger partial charge in [0, 0.05) is 0 Å². The van der Waals surface area contributed by atoms with Crippen LogP contribution in [-0.4, -0.2) is 24.6 Å². The Hall–Kier alpha value is -0.240. The molecule has 0 radical (unpaired) electrons. The minimum atomic E-state index is -6.28. The molecule has 9 heteroatoms. The molecule has 0 atom stereocenters. The predicted octanol–water partition coefficient (Wildman–Crippen LogP) is 2.20. The second-order valence-corrected chi connectivity index (χ2v) is 1.98. The topological polar surface area (TPSA) is 26.0 Å². The molecule has 0 amide bonds. The van der Waals surface area contributed by atoms with Gasteiger partial charge in [-0.25, -0.2) is 0 Å². The van der Waals surface area contributed by atoms with Gasteiger partial charge < -0.3 is 5.73 Å². The van der Waals surface area contributed by atoms with Crippen LogP contribution in [0.3, 0.4) is 0 Å². The first-order valence-electron chi connectivity index (χ1n) is 2.58. The van der Waals surface area contributed by atoms with Crippen molar-refractivity contribution in [1.29, 1.82) is 0 Å². The number of hydrogen-bond acceptors (Lipinski definition) is 1. The normalized spacial score (nSPS) is 13.8. The highest BCUT2D eigenvalue weighted by Gasteiger charge is 2.72. The lowest BCUT2D eigenvalue weighted by molar-refractivity contribution is -0.351. The summed E-state index contributed by atoms with van der Waals surface area (Å²) in [4.78, 5) is 0. The lowest BCUT2D eigenvalue weighted by Crippen LogP contribution is -2.55. The Morgan fingerprint density at radius 2 is 1.15 bits per heavy atom. The molecule has 0 spiro atoms. The fraction of sp³-hybridized carbons (Fsp3) is 1.00. The number of rotatable bonds is 2. The van der Waals surface area contributed by atoms with Crippen molar-refractivity contribution in [2.24, 2.45) is 5.73 Å². The lowest BCUT2D eigenvalue weighted by Gasteiger charge is -2.26. The Bertz CT molecular complexity index is 164. The zero-order valence-electron chi connectivity index (χ0n) is 5.84. The van der Waals surface area contributed by atoms with E-state index >= 15 is 0 Å². The van der Waals surface area contributed by atoms with E-state index in [-0.39, 0.29) is 12.4 Å². The molecule has 0 bridgehead atoms. The van der Waals surface area contributed by atoms with Gasteiger partial charge >= 0.3 is 18.0 Å².